The van der Waals surface area contributed by atoms with E-state index in [1.165, 1.54) is 11.6 Å². The summed E-state index contributed by atoms with van der Waals surface area (Å²) in [5.74, 6) is 0.756. The fourth-order valence-electron chi connectivity index (χ4n) is 3.35. The monoisotopic (exact) mass is 470 g/mol. The first-order chi connectivity index (χ1) is 15.8. The normalized spacial score (nSPS) is 11.4. The van der Waals surface area contributed by atoms with Crippen LogP contribution in [0.3, 0.4) is 0 Å². The fourth-order valence-corrected chi connectivity index (χ4v) is 4.68. The first-order valence-corrected chi connectivity index (χ1v) is 12.6. The second kappa shape index (κ2) is 11.1. The predicted molar refractivity (Wildman–Crippen MR) is 127 cm³/mol. The molecule has 0 radical (unpaired) electrons. The molecule has 0 spiro atoms. The summed E-state index contributed by atoms with van der Waals surface area (Å²) < 4.78 is 33.7. The third kappa shape index (κ3) is 6.89. The van der Waals surface area contributed by atoms with Crippen LogP contribution in [0.4, 0.5) is 5.69 Å². The van der Waals surface area contributed by atoms with Gasteiger partial charge < -0.3 is 9.84 Å². The lowest BCUT2D eigenvalue weighted by Crippen LogP contribution is -2.25. The first-order valence-electron chi connectivity index (χ1n) is 11.1. The van der Waals surface area contributed by atoms with Crippen LogP contribution in [0.2, 0.25) is 0 Å². The fraction of sp³-hybridized carbons (Fsp3) is 0.375. The van der Waals surface area contributed by atoms with E-state index in [9.17, 15) is 13.2 Å². The number of unbranched alkanes of at least 4 members (excludes halogenated alkanes) is 1. The second-order valence-electron chi connectivity index (χ2n) is 7.98. The Balaban J connectivity index is 1.63. The topological polar surface area (TPSA) is 114 Å². The van der Waals surface area contributed by atoms with Crippen LogP contribution in [-0.4, -0.2) is 31.0 Å². The van der Waals surface area contributed by atoms with Gasteiger partial charge in [0.05, 0.1) is 4.90 Å². The van der Waals surface area contributed by atoms with Gasteiger partial charge in [0, 0.05) is 24.2 Å². The number of carbonyl (C=O) groups excluding carboxylic acids is 1. The van der Waals surface area contributed by atoms with Crippen molar-refractivity contribution in [3.63, 3.8) is 0 Å². The Bertz CT molecular complexity index is 1190. The number of aromatic nitrogens is 2. The molecule has 1 aromatic heterocycles. The Morgan fingerprint density at radius 2 is 1.79 bits per heavy atom. The van der Waals surface area contributed by atoms with E-state index in [0.29, 0.717) is 42.4 Å². The average molecular weight is 471 g/mol. The van der Waals surface area contributed by atoms with Crippen LogP contribution in [-0.2, 0) is 22.9 Å². The van der Waals surface area contributed by atoms with Gasteiger partial charge in [-0.05, 0) is 68.5 Å². The lowest BCUT2D eigenvalue weighted by Gasteiger charge is -2.13. The Hall–Kier alpha value is -3.20. The summed E-state index contributed by atoms with van der Waals surface area (Å²) >= 11 is 0. The van der Waals surface area contributed by atoms with Gasteiger partial charge in [-0.25, -0.2) is 8.42 Å². The van der Waals surface area contributed by atoms with Crippen molar-refractivity contribution in [3.05, 3.63) is 70.9 Å². The van der Waals surface area contributed by atoms with Gasteiger partial charge in [0.2, 0.25) is 5.89 Å². The molecule has 0 aliphatic heterocycles. The minimum atomic E-state index is -3.85. The molecule has 0 unspecified atom stereocenters. The molecule has 9 heteroatoms. The van der Waals surface area contributed by atoms with E-state index in [2.05, 4.69) is 27.1 Å². The van der Waals surface area contributed by atoms with Crippen molar-refractivity contribution in [2.45, 2.75) is 57.8 Å². The molecule has 1 amide bonds. The third-order valence-corrected chi connectivity index (χ3v) is 6.71. The maximum atomic E-state index is 13.0. The van der Waals surface area contributed by atoms with E-state index in [1.54, 1.807) is 38.1 Å². The van der Waals surface area contributed by atoms with Crippen LogP contribution in [0.15, 0.2) is 51.9 Å². The summed E-state index contributed by atoms with van der Waals surface area (Å²) in [6, 6.07) is 12.1. The molecule has 2 N–H and O–H groups in total. The molecule has 176 valence electrons. The molecule has 0 bridgehead atoms. The molecule has 0 saturated carbocycles. The molecular formula is C24H30N4O4S. The van der Waals surface area contributed by atoms with Gasteiger partial charge in [-0.3, -0.25) is 9.52 Å². The van der Waals surface area contributed by atoms with E-state index in [0.717, 1.165) is 19.3 Å². The van der Waals surface area contributed by atoms with E-state index in [-0.39, 0.29) is 16.4 Å². The highest BCUT2D eigenvalue weighted by Gasteiger charge is 2.19. The van der Waals surface area contributed by atoms with Crippen molar-refractivity contribution >= 4 is 21.6 Å². The zero-order valence-electron chi connectivity index (χ0n) is 19.2. The van der Waals surface area contributed by atoms with Crippen LogP contribution >= 0.6 is 0 Å². The number of nitrogens with zero attached hydrogens (tertiary/aromatic N) is 2. The number of carbonyl (C=O) groups is 1. The molecule has 0 saturated heterocycles. The predicted octanol–water partition coefficient (Wildman–Crippen LogP) is 4.19. The standard InChI is InChI=1S/C24H30N4O4S/c1-4-5-7-19-10-13-21(14-11-19)28-33(30,31)22-16-20(12-9-17(22)2)24(29)25-15-6-8-23-26-18(3)27-32-23/h9-14,16,28H,4-8,15H2,1-3H3,(H,25,29). The maximum Gasteiger partial charge on any atom is 0.262 e. The van der Waals surface area contributed by atoms with Gasteiger partial charge in [0.25, 0.3) is 15.9 Å². The molecule has 0 fully saturated rings. The molecule has 2 aromatic carbocycles. The number of rotatable bonds is 11. The summed E-state index contributed by atoms with van der Waals surface area (Å²) in [7, 11) is -3.85. The lowest BCUT2D eigenvalue weighted by molar-refractivity contribution is 0.0952. The van der Waals surface area contributed by atoms with E-state index in [1.807, 2.05) is 12.1 Å². The third-order valence-electron chi connectivity index (χ3n) is 5.19. The van der Waals surface area contributed by atoms with Crippen LogP contribution in [0.5, 0.6) is 0 Å². The zero-order chi connectivity index (χ0) is 23.8. The molecular weight excluding hydrogens is 440 g/mol. The van der Waals surface area contributed by atoms with Crippen LogP contribution in [0.25, 0.3) is 0 Å². The molecule has 0 aliphatic carbocycles. The van der Waals surface area contributed by atoms with Gasteiger partial charge in [-0.2, -0.15) is 4.98 Å². The number of benzene rings is 2. The lowest BCUT2D eigenvalue weighted by atomic mass is 10.1. The number of hydrogen-bond donors (Lipinski definition) is 2. The minimum absolute atomic E-state index is 0.0755. The van der Waals surface area contributed by atoms with Crippen molar-refractivity contribution in [1.29, 1.82) is 0 Å². The molecule has 3 aromatic rings. The zero-order valence-corrected chi connectivity index (χ0v) is 20.0. The number of anilines is 1. The highest BCUT2D eigenvalue weighted by molar-refractivity contribution is 7.92. The SMILES string of the molecule is CCCCc1ccc(NS(=O)(=O)c2cc(C(=O)NCCCc3nc(C)no3)ccc2C)cc1. The highest BCUT2D eigenvalue weighted by atomic mass is 32.2. The maximum absolute atomic E-state index is 13.0. The quantitative estimate of drug-likeness (QED) is 0.406. The smallest absolute Gasteiger partial charge is 0.262 e. The Kier molecular flexibility index (Phi) is 8.21. The van der Waals surface area contributed by atoms with Gasteiger partial charge >= 0.3 is 0 Å². The molecule has 1 heterocycles. The summed E-state index contributed by atoms with van der Waals surface area (Å²) in [6.07, 6.45) is 4.34. The number of aryl methyl sites for hydroxylation is 4. The molecule has 8 nitrogen and oxygen atoms in total. The van der Waals surface area contributed by atoms with Crippen LogP contribution < -0.4 is 10.0 Å². The molecule has 33 heavy (non-hydrogen) atoms. The second-order valence-corrected chi connectivity index (χ2v) is 9.63. The van der Waals surface area contributed by atoms with E-state index < -0.39 is 10.0 Å². The van der Waals surface area contributed by atoms with Crippen LogP contribution in [0.1, 0.15) is 59.4 Å². The van der Waals surface area contributed by atoms with Crippen molar-refractivity contribution < 1.29 is 17.7 Å². The van der Waals surface area contributed by atoms with Gasteiger partial charge in [-0.15, -0.1) is 0 Å². The Labute approximate surface area is 194 Å². The van der Waals surface area contributed by atoms with Gasteiger partial charge in [-0.1, -0.05) is 36.7 Å². The van der Waals surface area contributed by atoms with Crippen molar-refractivity contribution in [3.8, 4) is 0 Å². The average Bonchev–Trinajstić information content (AvgIpc) is 3.21. The van der Waals surface area contributed by atoms with E-state index in [4.69, 9.17) is 4.52 Å². The summed E-state index contributed by atoms with van der Waals surface area (Å²) in [5, 5.41) is 6.53. The minimum Gasteiger partial charge on any atom is -0.352 e. The number of amides is 1. The van der Waals surface area contributed by atoms with Gasteiger partial charge in [0.1, 0.15) is 0 Å². The number of sulfonamides is 1. The summed E-state index contributed by atoms with van der Waals surface area (Å²) in [5.41, 5.74) is 2.50. The van der Waals surface area contributed by atoms with Crippen LogP contribution in [0, 0.1) is 13.8 Å². The largest absolute Gasteiger partial charge is 0.352 e. The van der Waals surface area contributed by atoms with Crippen molar-refractivity contribution in [2.75, 3.05) is 11.3 Å². The summed E-state index contributed by atoms with van der Waals surface area (Å²) in [6.45, 7) is 5.99. The van der Waals surface area contributed by atoms with Crippen molar-refractivity contribution in [1.82, 2.24) is 15.5 Å². The Morgan fingerprint density at radius 1 is 1.03 bits per heavy atom. The number of nitrogens with one attached hydrogen (secondary N) is 2. The molecule has 3 rings (SSSR count). The van der Waals surface area contributed by atoms with E-state index >= 15 is 0 Å². The Morgan fingerprint density at radius 3 is 2.45 bits per heavy atom. The molecule has 0 atom stereocenters. The highest BCUT2D eigenvalue weighted by Crippen LogP contribution is 2.21. The van der Waals surface area contributed by atoms with Crippen molar-refractivity contribution in [2.24, 2.45) is 0 Å². The number of hydrogen-bond acceptors (Lipinski definition) is 6. The first kappa shape index (κ1) is 24.4. The van der Waals surface area contributed by atoms with Gasteiger partial charge in [0.15, 0.2) is 5.82 Å². The molecule has 0 aliphatic rings. The summed E-state index contributed by atoms with van der Waals surface area (Å²) in [4.78, 5) is 16.8.